The van der Waals surface area contributed by atoms with Gasteiger partial charge in [-0.3, -0.25) is 19.7 Å². The molecule has 0 bridgehead atoms. The highest BCUT2D eigenvalue weighted by molar-refractivity contribution is 5.88. The van der Waals surface area contributed by atoms with Crippen LogP contribution in [0.25, 0.3) is 0 Å². The summed E-state index contributed by atoms with van der Waals surface area (Å²) >= 11 is 0. The van der Waals surface area contributed by atoms with Crippen molar-refractivity contribution in [1.82, 2.24) is 0 Å². The Hall–Kier alpha value is -2.44. The van der Waals surface area contributed by atoms with Crippen LogP contribution in [0.1, 0.15) is 5.56 Å². The summed E-state index contributed by atoms with van der Waals surface area (Å²) in [6.07, 6.45) is 0.0418. The quantitative estimate of drug-likeness (QED) is 0.437. The van der Waals surface area contributed by atoms with Crippen LogP contribution in [0.4, 0.5) is 5.69 Å². The van der Waals surface area contributed by atoms with E-state index in [-0.39, 0.29) is 34.9 Å². The number of esters is 2. The lowest BCUT2D eigenvalue weighted by Crippen LogP contribution is -3.11. The Morgan fingerprint density at radius 3 is 2.38 bits per heavy atom. The molecular weight excluding hydrogens is 338 g/mol. The second-order valence-corrected chi connectivity index (χ2v) is 8.46. The minimum absolute atomic E-state index is 0.0235. The number of carbonyl (C=O) groups is 2. The van der Waals surface area contributed by atoms with Gasteiger partial charge >= 0.3 is 11.9 Å². The van der Waals surface area contributed by atoms with Gasteiger partial charge in [-0.2, -0.15) is 0 Å². The van der Waals surface area contributed by atoms with Crippen molar-refractivity contribution >= 4 is 17.6 Å². The second-order valence-electron chi connectivity index (χ2n) is 8.46. The number of rotatable bonds is 6. The fraction of sp³-hybridized carbons (Fsp3) is 0.579. The van der Waals surface area contributed by atoms with E-state index in [1.54, 1.807) is 12.1 Å². The number of nitrogens with zero attached hydrogens (tertiary/aromatic N) is 1. The molecule has 7 rings (SSSR count). The van der Waals surface area contributed by atoms with Crippen LogP contribution in [0.15, 0.2) is 24.3 Å². The van der Waals surface area contributed by atoms with Gasteiger partial charge in [0.1, 0.15) is 0 Å². The van der Waals surface area contributed by atoms with Gasteiger partial charge in [0.15, 0.2) is 0 Å². The van der Waals surface area contributed by atoms with Crippen molar-refractivity contribution in [3.05, 3.63) is 39.9 Å². The lowest BCUT2D eigenvalue weighted by atomic mass is 8.92. The van der Waals surface area contributed by atoms with E-state index in [1.165, 1.54) is 19.2 Å². The van der Waals surface area contributed by atoms with Crippen LogP contribution in [0.2, 0.25) is 0 Å². The fourth-order valence-electron chi connectivity index (χ4n) is 7.83. The molecule has 6 saturated carbocycles. The highest BCUT2D eigenvalue weighted by atomic mass is 16.6. The minimum Gasteiger partial charge on any atom is -0.469 e. The normalized spacial score (nSPS) is 46.3. The van der Waals surface area contributed by atoms with E-state index in [2.05, 4.69) is 0 Å². The van der Waals surface area contributed by atoms with E-state index in [1.807, 2.05) is 0 Å². The van der Waals surface area contributed by atoms with Crippen molar-refractivity contribution in [2.45, 2.75) is 6.42 Å². The Kier molecular flexibility index (Phi) is 2.32. The van der Waals surface area contributed by atoms with Gasteiger partial charge in [0.05, 0.1) is 30.5 Å². The number of benzene rings is 1. The molecule has 0 amide bonds. The van der Waals surface area contributed by atoms with E-state index in [0.717, 1.165) is 0 Å². The van der Waals surface area contributed by atoms with Crippen LogP contribution in [-0.2, 0) is 25.5 Å². The number of nitro benzene ring substituents is 1. The van der Waals surface area contributed by atoms with Gasteiger partial charge in [-0.1, -0.05) is 12.1 Å². The first kappa shape index (κ1) is 14.7. The zero-order valence-corrected chi connectivity index (χ0v) is 14.1. The van der Waals surface area contributed by atoms with Gasteiger partial charge in [-0.15, -0.1) is 0 Å². The second kappa shape index (κ2) is 4.10. The van der Waals surface area contributed by atoms with E-state index < -0.39 is 4.92 Å². The molecule has 7 heteroatoms. The van der Waals surface area contributed by atoms with Crippen molar-refractivity contribution in [3.8, 4) is 0 Å². The smallest absolute Gasteiger partial charge is 0.312 e. The predicted octanol–water partition coefficient (Wildman–Crippen LogP) is 1.59. The number of hydrogen-bond donors (Lipinski definition) is 0. The lowest BCUT2D eigenvalue weighted by Gasteiger charge is -3.10. The molecule has 0 saturated heterocycles. The molecule has 0 N–H and O–H groups in total. The molecule has 7 nitrogen and oxygen atoms in total. The highest BCUT2D eigenvalue weighted by Crippen LogP contribution is 3.10. The SMILES string of the molecule is COC(=O)C12C3C4C1C1C2C3C41COC(=O)Cc1cccc([N+](=O)[O-])c1. The van der Waals surface area contributed by atoms with E-state index in [0.29, 0.717) is 47.7 Å². The topological polar surface area (TPSA) is 95.7 Å². The van der Waals surface area contributed by atoms with Gasteiger partial charge in [-0.25, -0.2) is 0 Å². The zero-order chi connectivity index (χ0) is 18.0. The highest BCUT2D eigenvalue weighted by Gasteiger charge is 3.11. The van der Waals surface area contributed by atoms with Crippen molar-refractivity contribution in [2.24, 2.45) is 46.3 Å². The maximum atomic E-state index is 12.2. The van der Waals surface area contributed by atoms with Crippen LogP contribution in [0.3, 0.4) is 0 Å². The number of nitro groups is 1. The van der Waals surface area contributed by atoms with Crippen LogP contribution in [-0.4, -0.2) is 30.6 Å². The van der Waals surface area contributed by atoms with E-state index in [4.69, 9.17) is 9.47 Å². The van der Waals surface area contributed by atoms with Crippen molar-refractivity contribution in [3.63, 3.8) is 0 Å². The van der Waals surface area contributed by atoms with Crippen LogP contribution < -0.4 is 0 Å². The molecule has 26 heavy (non-hydrogen) atoms. The molecule has 0 aliphatic heterocycles. The van der Waals surface area contributed by atoms with Gasteiger partial charge in [0.25, 0.3) is 5.69 Å². The van der Waals surface area contributed by atoms with Crippen molar-refractivity contribution in [1.29, 1.82) is 0 Å². The zero-order valence-electron chi connectivity index (χ0n) is 14.1. The summed E-state index contributed by atoms with van der Waals surface area (Å²) in [5.74, 6) is 2.62. The summed E-state index contributed by atoms with van der Waals surface area (Å²) < 4.78 is 10.6. The number of methoxy groups -OCH3 is 1. The Morgan fingerprint density at radius 1 is 1.15 bits per heavy atom. The molecule has 6 aliphatic carbocycles. The predicted molar refractivity (Wildman–Crippen MR) is 85.6 cm³/mol. The van der Waals surface area contributed by atoms with Crippen LogP contribution in [0, 0.1) is 56.5 Å². The van der Waals surface area contributed by atoms with Gasteiger partial charge < -0.3 is 9.47 Å². The lowest BCUT2D eigenvalue weighted by molar-refractivity contribution is -0.645. The molecule has 1 aromatic rings. The number of ether oxygens (including phenoxy) is 2. The third kappa shape index (κ3) is 1.14. The molecule has 6 aliphatic rings. The summed E-state index contributed by atoms with van der Waals surface area (Å²) in [6, 6.07) is 6.08. The number of hydrogen-bond acceptors (Lipinski definition) is 6. The Balaban J connectivity index is 1.09. The maximum Gasteiger partial charge on any atom is 0.312 e. The Bertz CT molecular complexity index is 853. The first-order valence-electron chi connectivity index (χ1n) is 8.97. The molecule has 0 unspecified atom stereocenters. The van der Waals surface area contributed by atoms with Gasteiger partial charge in [0.2, 0.25) is 0 Å². The van der Waals surface area contributed by atoms with Crippen LogP contribution in [0.5, 0.6) is 0 Å². The summed E-state index contributed by atoms with van der Waals surface area (Å²) in [5.41, 5.74) is 0.533. The maximum absolute atomic E-state index is 12.2. The molecule has 6 fully saturated rings. The molecule has 0 aromatic heterocycles. The monoisotopic (exact) mass is 355 g/mol. The van der Waals surface area contributed by atoms with E-state index >= 15 is 0 Å². The molecule has 0 radical (unpaired) electrons. The number of carbonyl (C=O) groups excluding carboxylic acids is 2. The third-order valence-electron chi connectivity index (χ3n) is 8.33. The Labute approximate surface area is 148 Å². The minimum atomic E-state index is -0.472. The molecule has 0 spiro atoms. The Morgan fingerprint density at radius 2 is 1.81 bits per heavy atom. The summed E-state index contributed by atoms with van der Waals surface area (Å²) in [6.45, 7) is 0.432. The fourth-order valence-corrected chi connectivity index (χ4v) is 7.83. The van der Waals surface area contributed by atoms with Crippen molar-refractivity contribution in [2.75, 3.05) is 13.7 Å². The largest absolute Gasteiger partial charge is 0.469 e. The first-order chi connectivity index (χ1) is 12.5. The van der Waals surface area contributed by atoms with Gasteiger partial charge in [0, 0.05) is 17.5 Å². The van der Waals surface area contributed by atoms with Crippen LogP contribution >= 0.6 is 0 Å². The molecule has 1 aromatic carbocycles. The third-order valence-corrected chi connectivity index (χ3v) is 8.33. The average Bonchev–Trinajstić information content (AvgIpc) is 2.65. The molecule has 134 valence electrons. The average molecular weight is 355 g/mol. The summed E-state index contributed by atoms with van der Waals surface area (Å²) in [5, 5.41) is 10.8. The van der Waals surface area contributed by atoms with E-state index in [9.17, 15) is 19.7 Å². The first-order valence-corrected chi connectivity index (χ1v) is 8.97. The molecule has 0 heterocycles. The number of non-ortho nitro benzene ring substituents is 1. The summed E-state index contributed by atoms with van der Waals surface area (Å²) in [4.78, 5) is 34.6. The summed E-state index contributed by atoms with van der Waals surface area (Å²) in [7, 11) is 1.47. The standard InChI is InChI=1S/C19H17NO6/c1-25-17(22)19-14-11-15(19)13-16(19)12(14)18(11,13)7-26-10(21)6-8-3-2-4-9(5-8)20(23)24/h2-5,11-16H,6-7H2,1H3. The molecule has 0 atom stereocenters. The van der Waals surface area contributed by atoms with Crippen molar-refractivity contribution < 1.29 is 24.0 Å². The van der Waals surface area contributed by atoms with Gasteiger partial charge in [-0.05, 0) is 41.1 Å². The molecular formula is C19H17NO6.